The summed E-state index contributed by atoms with van der Waals surface area (Å²) in [6.45, 7) is 0. The minimum atomic E-state index is 0.572. The maximum absolute atomic E-state index is 5.53. The van der Waals surface area contributed by atoms with Gasteiger partial charge in [-0.05, 0) is 6.07 Å². The predicted octanol–water partition coefficient (Wildman–Crippen LogP) is 0.288. The van der Waals surface area contributed by atoms with Crippen molar-refractivity contribution < 1.29 is 0 Å². The molecule has 5 N–H and O–H groups in total. The fourth-order valence-corrected chi connectivity index (χ4v) is 0.708. The zero-order valence-electron chi connectivity index (χ0n) is 5.76. The van der Waals surface area contributed by atoms with Crippen LogP contribution in [0.3, 0.4) is 0 Å². The van der Waals surface area contributed by atoms with Gasteiger partial charge in [-0.2, -0.15) is 0 Å². The fourth-order valence-electron chi connectivity index (χ4n) is 0.708. The maximum Gasteiger partial charge on any atom is 0.149 e. The zero-order valence-corrected chi connectivity index (χ0v) is 5.76. The Morgan fingerprint density at radius 2 is 2.20 bits per heavy atom. The molecule has 1 aromatic heterocycles. The lowest BCUT2D eigenvalue weighted by Crippen LogP contribution is -1.99. The summed E-state index contributed by atoms with van der Waals surface area (Å²) >= 11 is 0. The lowest BCUT2D eigenvalue weighted by Gasteiger charge is -2.02. The summed E-state index contributed by atoms with van der Waals surface area (Å²) < 4.78 is 0. The smallest absolute Gasteiger partial charge is 0.149 e. The van der Waals surface area contributed by atoms with Gasteiger partial charge in [-0.3, -0.25) is 0 Å². The van der Waals surface area contributed by atoms with Crippen LogP contribution in [0.4, 0.5) is 17.2 Å². The zero-order chi connectivity index (χ0) is 7.56. The Balaban J connectivity index is 3.07. The van der Waals surface area contributed by atoms with Crippen LogP contribution in [0.5, 0.6) is 0 Å². The van der Waals surface area contributed by atoms with Crippen molar-refractivity contribution in [3.63, 3.8) is 0 Å². The Kier molecular flexibility index (Phi) is 1.62. The molecule has 0 aliphatic carbocycles. The molecule has 0 aromatic carbocycles. The summed E-state index contributed by atoms with van der Waals surface area (Å²) in [6, 6.07) is 1.67. The minimum Gasteiger partial charge on any atom is -0.397 e. The Morgan fingerprint density at radius 1 is 1.50 bits per heavy atom. The summed E-state index contributed by atoms with van der Waals surface area (Å²) in [5.41, 5.74) is 12.1. The number of nitrogens with two attached hydrogens (primary N) is 2. The Hall–Kier alpha value is -1.45. The average molecular weight is 138 g/mol. The molecule has 0 atom stereocenters. The lowest BCUT2D eigenvalue weighted by atomic mass is 10.3. The third-order valence-electron chi connectivity index (χ3n) is 1.18. The van der Waals surface area contributed by atoms with Gasteiger partial charge in [0.05, 0.1) is 17.6 Å². The molecule has 1 aromatic rings. The van der Waals surface area contributed by atoms with Crippen LogP contribution in [-0.2, 0) is 0 Å². The number of pyridine rings is 1. The SMILES string of the molecule is CNc1ncc(N)cc1N. The van der Waals surface area contributed by atoms with Crippen LogP contribution < -0.4 is 16.8 Å². The Labute approximate surface area is 59.2 Å². The van der Waals surface area contributed by atoms with Crippen LogP contribution >= 0.6 is 0 Å². The van der Waals surface area contributed by atoms with Crippen molar-refractivity contribution in [3.8, 4) is 0 Å². The van der Waals surface area contributed by atoms with Gasteiger partial charge in [-0.1, -0.05) is 0 Å². The first kappa shape index (κ1) is 6.67. The summed E-state index contributed by atoms with van der Waals surface area (Å²) in [4.78, 5) is 3.94. The second-order valence-electron chi connectivity index (χ2n) is 1.96. The first-order valence-electron chi connectivity index (χ1n) is 2.93. The minimum absolute atomic E-state index is 0.572. The summed E-state index contributed by atoms with van der Waals surface area (Å²) in [5, 5.41) is 2.83. The van der Waals surface area contributed by atoms with Gasteiger partial charge < -0.3 is 16.8 Å². The monoisotopic (exact) mass is 138 g/mol. The van der Waals surface area contributed by atoms with Gasteiger partial charge in [0.2, 0.25) is 0 Å². The highest BCUT2D eigenvalue weighted by Gasteiger charge is 1.95. The first-order valence-corrected chi connectivity index (χ1v) is 2.93. The van der Waals surface area contributed by atoms with E-state index in [1.54, 1.807) is 19.3 Å². The van der Waals surface area contributed by atoms with Crippen molar-refractivity contribution in [2.24, 2.45) is 0 Å². The molecule has 0 unspecified atom stereocenters. The molecule has 0 saturated heterocycles. The van der Waals surface area contributed by atoms with Gasteiger partial charge in [-0.15, -0.1) is 0 Å². The van der Waals surface area contributed by atoms with Crippen LogP contribution in [0.2, 0.25) is 0 Å². The topological polar surface area (TPSA) is 77.0 Å². The molecule has 0 saturated carbocycles. The molecule has 0 spiro atoms. The van der Waals surface area contributed by atoms with Crippen LogP contribution in [0.25, 0.3) is 0 Å². The molecule has 4 heteroatoms. The third-order valence-corrected chi connectivity index (χ3v) is 1.18. The number of aromatic nitrogens is 1. The van der Waals surface area contributed by atoms with Gasteiger partial charge >= 0.3 is 0 Å². The van der Waals surface area contributed by atoms with Gasteiger partial charge in [-0.25, -0.2) is 4.98 Å². The number of hydrogen-bond donors (Lipinski definition) is 3. The Morgan fingerprint density at radius 3 is 2.70 bits per heavy atom. The second kappa shape index (κ2) is 2.43. The number of rotatable bonds is 1. The molecule has 0 aliphatic heterocycles. The van der Waals surface area contributed by atoms with Crippen molar-refractivity contribution >= 4 is 17.2 Å². The van der Waals surface area contributed by atoms with Crippen molar-refractivity contribution in [2.45, 2.75) is 0 Å². The van der Waals surface area contributed by atoms with Gasteiger partial charge in [0.25, 0.3) is 0 Å². The molecule has 0 bridgehead atoms. The molecule has 4 nitrogen and oxygen atoms in total. The molecule has 1 heterocycles. The summed E-state index contributed by atoms with van der Waals surface area (Å²) in [6.07, 6.45) is 1.56. The molecule has 0 amide bonds. The first-order chi connectivity index (χ1) is 4.74. The number of nitrogens with zero attached hydrogens (tertiary/aromatic N) is 1. The van der Waals surface area contributed by atoms with Crippen molar-refractivity contribution in [3.05, 3.63) is 12.3 Å². The number of nitrogens with one attached hydrogen (secondary N) is 1. The highest BCUT2D eigenvalue weighted by molar-refractivity contribution is 5.65. The van der Waals surface area contributed by atoms with E-state index in [-0.39, 0.29) is 0 Å². The fraction of sp³-hybridized carbons (Fsp3) is 0.167. The van der Waals surface area contributed by atoms with E-state index >= 15 is 0 Å². The van der Waals surface area contributed by atoms with E-state index in [0.29, 0.717) is 17.2 Å². The molecule has 0 radical (unpaired) electrons. The largest absolute Gasteiger partial charge is 0.397 e. The van der Waals surface area contributed by atoms with E-state index in [9.17, 15) is 0 Å². The number of anilines is 3. The second-order valence-corrected chi connectivity index (χ2v) is 1.96. The summed E-state index contributed by atoms with van der Waals surface area (Å²) in [5.74, 6) is 0.661. The van der Waals surface area contributed by atoms with Crippen LogP contribution in [0, 0.1) is 0 Å². The van der Waals surface area contributed by atoms with E-state index in [4.69, 9.17) is 11.5 Å². The van der Waals surface area contributed by atoms with E-state index in [1.807, 2.05) is 0 Å². The maximum atomic E-state index is 5.53. The number of nitrogen functional groups attached to an aromatic ring is 2. The molecule has 10 heavy (non-hydrogen) atoms. The average Bonchev–Trinajstić information content (AvgIpc) is 1.88. The van der Waals surface area contributed by atoms with Crippen LogP contribution in [0.15, 0.2) is 12.3 Å². The van der Waals surface area contributed by atoms with E-state index in [2.05, 4.69) is 10.3 Å². The molecular formula is C6H10N4. The number of hydrogen-bond acceptors (Lipinski definition) is 4. The lowest BCUT2D eigenvalue weighted by molar-refractivity contribution is 1.29. The van der Waals surface area contributed by atoms with E-state index in [0.717, 1.165) is 0 Å². The van der Waals surface area contributed by atoms with Crippen LogP contribution in [0.1, 0.15) is 0 Å². The molecule has 0 aliphatic rings. The molecule has 1 rings (SSSR count). The van der Waals surface area contributed by atoms with E-state index < -0.39 is 0 Å². The normalized spacial score (nSPS) is 9.30. The van der Waals surface area contributed by atoms with Crippen molar-refractivity contribution in [1.82, 2.24) is 4.98 Å². The van der Waals surface area contributed by atoms with Gasteiger partial charge in [0, 0.05) is 7.05 Å². The van der Waals surface area contributed by atoms with Crippen molar-refractivity contribution in [2.75, 3.05) is 23.8 Å². The Bertz CT molecular complexity index is 233. The molecule has 54 valence electrons. The van der Waals surface area contributed by atoms with Crippen molar-refractivity contribution in [1.29, 1.82) is 0 Å². The highest BCUT2D eigenvalue weighted by atomic mass is 15.0. The standard InChI is InChI=1S/C6H10N4/c1-9-6-5(8)2-4(7)3-10-6/h2-3H,7-8H2,1H3,(H,9,10). The van der Waals surface area contributed by atoms with Gasteiger partial charge in [0.15, 0.2) is 0 Å². The summed E-state index contributed by atoms with van der Waals surface area (Å²) in [7, 11) is 1.76. The van der Waals surface area contributed by atoms with Crippen LogP contribution in [-0.4, -0.2) is 12.0 Å². The molecule has 0 fully saturated rings. The molecular weight excluding hydrogens is 128 g/mol. The quantitative estimate of drug-likeness (QED) is 0.521. The van der Waals surface area contributed by atoms with Gasteiger partial charge in [0.1, 0.15) is 5.82 Å². The third kappa shape index (κ3) is 1.10. The predicted molar refractivity (Wildman–Crippen MR) is 42.6 cm³/mol. The van der Waals surface area contributed by atoms with E-state index in [1.165, 1.54) is 0 Å². The highest BCUT2D eigenvalue weighted by Crippen LogP contribution is 2.15.